The molecule has 0 saturated carbocycles. The number of nitrogens with two attached hydrogens (primary N) is 1. The normalized spacial score (nSPS) is 10.8. The minimum Gasteiger partial charge on any atom is -0.325 e. The monoisotopic (exact) mass is 286 g/mol. The van der Waals surface area contributed by atoms with Crippen molar-refractivity contribution in [3.63, 3.8) is 0 Å². The SMILES string of the molecule is NCc1nnn(-c2ccc(F)cc2)c1-c1cccc(F)c1. The van der Waals surface area contributed by atoms with Gasteiger partial charge in [0.1, 0.15) is 17.3 Å². The fourth-order valence-corrected chi connectivity index (χ4v) is 2.14. The van der Waals surface area contributed by atoms with Crippen LogP contribution < -0.4 is 5.73 Å². The van der Waals surface area contributed by atoms with Gasteiger partial charge >= 0.3 is 0 Å². The first-order valence-corrected chi connectivity index (χ1v) is 6.35. The maximum absolute atomic E-state index is 13.5. The average molecular weight is 286 g/mol. The second-order valence-corrected chi connectivity index (χ2v) is 4.49. The minimum absolute atomic E-state index is 0.174. The van der Waals surface area contributed by atoms with Crippen molar-refractivity contribution in [2.75, 3.05) is 0 Å². The van der Waals surface area contributed by atoms with E-state index in [-0.39, 0.29) is 18.2 Å². The molecule has 1 aromatic heterocycles. The Hall–Kier alpha value is -2.60. The van der Waals surface area contributed by atoms with E-state index < -0.39 is 0 Å². The molecule has 0 amide bonds. The molecule has 3 rings (SSSR count). The third-order valence-electron chi connectivity index (χ3n) is 3.10. The molecule has 21 heavy (non-hydrogen) atoms. The van der Waals surface area contributed by atoms with Gasteiger partial charge in [0.05, 0.1) is 11.4 Å². The van der Waals surface area contributed by atoms with Crippen LogP contribution in [-0.2, 0) is 6.54 Å². The quantitative estimate of drug-likeness (QED) is 0.805. The van der Waals surface area contributed by atoms with Crippen LogP contribution in [0.1, 0.15) is 5.69 Å². The zero-order chi connectivity index (χ0) is 14.8. The molecule has 0 saturated heterocycles. The Morgan fingerprint density at radius 1 is 1.00 bits per heavy atom. The fourth-order valence-electron chi connectivity index (χ4n) is 2.14. The summed E-state index contributed by atoms with van der Waals surface area (Å²) in [6.45, 7) is 0.174. The van der Waals surface area contributed by atoms with Crippen LogP contribution in [0.3, 0.4) is 0 Å². The highest BCUT2D eigenvalue weighted by Gasteiger charge is 2.15. The molecular weight excluding hydrogens is 274 g/mol. The topological polar surface area (TPSA) is 56.7 Å². The molecule has 0 radical (unpaired) electrons. The summed E-state index contributed by atoms with van der Waals surface area (Å²) in [4.78, 5) is 0. The van der Waals surface area contributed by atoms with E-state index in [1.165, 1.54) is 28.9 Å². The number of rotatable bonds is 3. The van der Waals surface area contributed by atoms with Crippen molar-refractivity contribution in [3.05, 3.63) is 65.9 Å². The number of aromatic nitrogens is 3. The summed E-state index contributed by atoms with van der Waals surface area (Å²) in [6.07, 6.45) is 0. The van der Waals surface area contributed by atoms with Crippen LogP contribution in [0.2, 0.25) is 0 Å². The number of hydrogen-bond acceptors (Lipinski definition) is 3. The van der Waals surface area contributed by atoms with Gasteiger partial charge in [0.2, 0.25) is 0 Å². The van der Waals surface area contributed by atoms with Gasteiger partial charge in [-0.3, -0.25) is 0 Å². The second-order valence-electron chi connectivity index (χ2n) is 4.49. The van der Waals surface area contributed by atoms with Crippen LogP contribution in [0, 0.1) is 11.6 Å². The third-order valence-corrected chi connectivity index (χ3v) is 3.10. The molecular formula is C15H12F2N4. The van der Waals surface area contributed by atoms with Crippen molar-refractivity contribution >= 4 is 0 Å². The number of nitrogens with zero attached hydrogens (tertiary/aromatic N) is 3. The Morgan fingerprint density at radius 2 is 1.76 bits per heavy atom. The van der Waals surface area contributed by atoms with Crippen LogP contribution in [0.15, 0.2) is 48.5 Å². The summed E-state index contributed by atoms with van der Waals surface area (Å²) in [5.74, 6) is -0.701. The Kier molecular flexibility index (Phi) is 3.45. The van der Waals surface area contributed by atoms with Crippen molar-refractivity contribution in [2.24, 2.45) is 5.73 Å². The summed E-state index contributed by atoms with van der Waals surface area (Å²) in [5, 5.41) is 8.05. The first-order valence-electron chi connectivity index (χ1n) is 6.35. The molecule has 1 heterocycles. The van der Waals surface area contributed by atoms with Crippen LogP contribution in [0.5, 0.6) is 0 Å². The largest absolute Gasteiger partial charge is 0.325 e. The number of hydrogen-bond donors (Lipinski definition) is 1. The van der Waals surface area contributed by atoms with Gasteiger partial charge in [0.15, 0.2) is 0 Å². The lowest BCUT2D eigenvalue weighted by Crippen LogP contribution is -2.03. The van der Waals surface area contributed by atoms with Gasteiger partial charge in [-0.25, -0.2) is 13.5 Å². The Labute approximate surface area is 119 Å². The van der Waals surface area contributed by atoms with Gasteiger partial charge in [0.25, 0.3) is 0 Å². The molecule has 106 valence electrons. The molecule has 3 aromatic rings. The summed E-state index contributed by atoms with van der Waals surface area (Å²) in [5.41, 5.74) is 8.06. The van der Waals surface area contributed by atoms with Gasteiger partial charge in [-0.2, -0.15) is 0 Å². The Bertz CT molecular complexity index is 766. The van der Waals surface area contributed by atoms with Gasteiger partial charge in [-0.05, 0) is 36.4 Å². The second kappa shape index (κ2) is 5.41. The van der Waals surface area contributed by atoms with Gasteiger partial charge in [-0.1, -0.05) is 17.3 Å². The first kappa shape index (κ1) is 13.4. The van der Waals surface area contributed by atoms with E-state index in [0.717, 1.165) is 0 Å². The fraction of sp³-hybridized carbons (Fsp3) is 0.0667. The van der Waals surface area contributed by atoms with Crippen molar-refractivity contribution in [1.82, 2.24) is 15.0 Å². The van der Waals surface area contributed by atoms with Crippen LogP contribution in [-0.4, -0.2) is 15.0 Å². The van der Waals surface area contributed by atoms with Crippen molar-refractivity contribution in [3.8, 4) is 16.9 Å². The number of halogens is 2. The van der Waals surface area contributed by atoms with Crippen LogP contribution in [0.4, 0.5) is 8.78 Å². The predicted molar refractivity (Wildman–Crippen MR) is 74.6 cm³/mol. The molecule has 2 N–H and O–H groups in total. The summed E-state index contributed by atoms with van der Waals surface area (Å²) in [6, 6.07) is 11.9. The third kappa shape index (κ3) is 2.53. The van der Waals surface area contributed by atoms with E-state index in [2.05, 4.69) is 10.3 Å². The van der Waals surface area contributed by atoms with Crippen molar-refractivity contribution in [2.45, 2.75) is 6.54 Å². The standard InChI is InChI=1S/C15H12F2N4/c16-11-4-6-13(7-5-11)21-15(14(9-18)19-20-21)10-2-1-3-12(17)8-10/h1-8H,9,18H2. The molecule has 0 bridgehead atoms. The molecule has 0 aliphatic heterocycles. The van der Waals surface area contributed by atoms with Crippen molar-refractivity contribution in [1.29, 1.82) is 0 Å². The van der Waals surface area contributed by atoms with Crippen molar-refractivity contribution < 1.29 is 8.78 Å². The molecule has 0 atom stereocenters. The molecule has 0 aliphatic rings. The van der Waals surface area contributed by atoms with Gasteiger partial charge in [-0.15, -0.1) is 5.10 Å². The van der Waals surface area contributed by atoms with Gasteiger partial charge in [0, 0.05) is 12.1 Å². The first-order chi connectivity index (χ1) is 10.2. The lowest BCUT2D eigenvalue weighted by molar-refractivity contribution is 0.626. The van der Waals surface area contributed by atoms with E-state index in [4.69, 9.17) is 5.73 Å². The smallest absolute Gasteiger partial charge is 0.123 e. The molecule has 6 heteroatoms. The zero-order valence-corrected chi connectivity index (χ0v) is 11.0. The average Bonchev–Trinajstić information content (AvgIpc) is 2.92. The molecule has 2 aromatic carbocycles. The molecule has 0 unspecified atom stereocenters. The zero-order valence-electron chi connectivity index (χ0n) is 11.0. The molecule has 0 fully saturated rings. The van der Waals surface area contributed by atoms with E-state index in [1.54, 1.807) is 24.3 Å². The Balaban J connectivity index is 2.19. The van der Waals surface area contributed by atoms with E-state index in [1.807, 2.05) is 0 Å². The lowest BCUT2D eigenvalue weighted by Gasteiger charge is -2.08. The highest BCUT2D eigenvalue weighted by molar-refractivity contribution is 5.64. The highest BCUT2D eigenvalue weighted by atomic mass is 19.1. The maximum atomic E-state index is 13.5. The van der Waals surface area contributed by atoms with E-state index >= 15 is 0 Å². The van der Waals surface area contributed by atoms with E-state index in [0.29, 0.717) is 22.6 Å². The van der Waals surface area contributed by atoms with Crippen LogP contribution in [0.25, 0.3) is 16.9 Å². The molecule has 0 spiro atoms. The van der Waals surface area contributed by atoms with E-state index in [9.17, 15) is 8.78 Å². The summed E-state index contributed by atoms with van der Waals surface area (Å²) >= 11 is 0. The maximum Gasteiger partial charge on any atom is 0.123 e. The lowest BCUT2D eigenvalue weighted by atomic mass is 10.1. The summed E-state index contributed by atoms with van der Waals surface area (Å²) < 4.78 is 28.0. The highest BCUT2D eigenvalue weighted by Crippen LogP contribution is 2.25. The van der Waals surface area contributed by atoms with Crippen LogP contribution >= 0.6 is 0 Å². The molecule has 0 aliphatic carbocycles. The predicted octanol–water partition coefficient (Wildman–Crippen LogP) is 2.67. The summed E-state index contributed by atoms with van der Waals surface area (Å²) in [7, 11) is 0. The van der Waals surface area contributed by atoms with Gasteiger partial charge < -0.3 is 5.73 Å². The Morgan fingerprint density at radius 3 is 2.43 bits per heavy atom. The number of benzene rings is 2. The molecule has 4 nitrogen and oxygen atoms in total. The minimum atomic E-state index is -0.359.